The lowest BCUT2D eigenvalue weighted by Gasteiger charge is -2.12. The topological polar surface area (TPSA) is 101 Å². The first-order chi connectivity index (χ1) is 8.88. The van der Waals surface area contributed by atoms with Crippen molar-refractivity contribution in [1.29, 1.82) is 0 Å². The van der Waals surface area contributed by atoms with Crippen molar-refractivity contribution in [3.8, 4) is 0 Å². The summed E-state index contributed by atoms with van der Waals surface area (Å²) in [6.07, 6.45) is 3.10. The first-order valence-electron chi connectivity index (χ1n) is 5.46. The van der Waals surface area contributed by atoms with Gasteiger partial charge in [0.15, 0.2) is 0 Å². The van der Waals surface area contributed by atoms with Crippen molar-refractivity contribution >= 4 is 15.7 Å². The maximum Gasteiger partial charge on any atom is 0.241 e. The van der Waals surface area contributed by atoms with Crippen LogP contribution in [0.15, 0.2) is 35.5 Å². The third-order valence-electron chi connectivity index (χ3n) is 2.47. The number of imidazole rings is 1. The Balaban J connectivity index is 2.27. The normalized spacial score (nSPS) is 13.4. The monoisotopic (exact) mass is 284 g/mol. The van der Waals surface area contributed by atoms with Crippen LogP contribution in [0.5, 0.6) is 0 Å². The summed E-state index contributed by atoms with van der Waals surface area (Å²) >= 11 is 0. The van der Waals surface area contributed by atoms with Crippen molar-refractivity contribution in [2.45, 2.75) is 17.9 Å². The van der Waals surface area contributed by atoms with Crippen molar-refractivity contribution in [2.24, 2.45) is 0 Å². The van der Waals surface area contributed by atoms with E-state index in [1.54, 1.807) is 13.1 Å². The molecule has 0 bridgehead atoms. The van der Waals surface area contributed by atoms with Crippen LogP contribution in [0, 0.1) is 5.82 Å². The quantitative estimate of drug-likeness (QED) is 0.733. The van der Waals surface area contributed by atoms with Gasteiger partial charge < -0.3 is 10.7 Å². The smallest absolute Gasteiger partial charge is 0.241 e. The van der Waals surface area contributed by atoms with Gasteiger partial charge in [0.25, 0.3) is 0 Å². The number of hydrogen-bond acceptors (Lipinski definition) is 4. The Kier molecular flexibility index (Phi) is 3.54. The Morgan fingerprint density at radius 2 is 2.16 bits per heavy atom. The van der Waals surface area contributed by atoms with E-state index in [4.69, 9.17) is 5.73 Å². The molecule has 102 valence electrons. The van der Waals surface area contributed by atoms with E-state index in [0.29, 0.717) is 5.82 Å². The Bertz CT molecular complexity index is 650. The van der Waals surface area contributed by atoms with Gasteiger partial charge in [-0.25, -0.2) is 22.5 Å². The van der Waals surface area contributed by atoms with Crippen LogP contribution in [0.3, 0.4) is 0 Å². The van der Waals surface area contributed by atoms with Gasteiger partial charge in [-0.15, -0.1) is 0 Å². The number of H-pyrrole nitrogens is 1. The molecule has 19 heavy (non-hydrogen) atoms. The zero-order chi connectivity index (χ0) is 14.0. The SMILES string of the molecule is CC(NS(=O)(=O)c1cc(N)cc(F)c1)c1ncc[nH]1. The number of hydrogen-bond donors (Lipinski definition) is 3. The summed E-state index contributed by atoms with van der Waals surface area (Å²) in [5.74, 6) is -0.237. The predicted octanol–water partition coefficient (Wildman–Crippen LogP) is 1.17. The van der Waals surface area contributed by atoms with Gasteiger partial charge in [-0.05, 0) is 25.1 Å². The molecule has 0 fully saturated rings. The summed E-state index contributed by atoms with van der Waals surface area (Å²) in [6.45, 7) is 1.62. The van der Waals surface area contributed by atoms with E-state index in [0.717, 1.165) is 12.1 Å². The fraction of sp³-hybridized carbons (Fsp3) is 0.182. The second-order valence-corrected chi connectivity index (χ2v) is 5.75. The number of halogens is 1. The van der Waals surface area contributed by atoms with Crippen LogP contribution in [0.25, 0.3) is 0 Å². The third kappa shape index (κ3) is 3.09. The fourth-order valence-electron chi connectivity index (χ4n) is 1.61. The van der Waals surface area contributed by atoms with Gasteiger partial charge in [0.05, 0.1) is 10.9 Å². The average molecular weight is 284 g/mol. The van der Waals surface area contributed by atoms with Crippen molar-refractivity contribution in [3.63, 3.8) is 0 Å². The van der Waals surface area contributed by atoms with E-state index in [9.17, 15) is 12.8 Å². The van der Waals surface area contributed by atoms with Crippen molar-refractivity contribution < 1.29 is 12.8 Å². The lowest BCUT2D eigenvalue weighted by atomic mass is 10.3. The van der Waals surface area contributed by atoms with Crippen LogP contribution in [0.1, 0.15) is 18.8 Å². The zero-order valence-electron chi connectivity index (χ0n) is 10.1. The van der Waals surface area contributed by atoms with Gasteiger partial charge in [0.1, 0.15) is 11.6 Å². The molecular weight excluding hydrogens is 271 g/mol. The second-order valence-electron chi connectivity index (χ2n) is 4.04. The molecule has 0 aliphatic rings. The van der Waals surface area contributed by atoms with Gasteiger partial charge in [-0.2, -0.15) is 0 Å². The highest BCUT2D eigenvalue weighted by Crippen LogP contribution is 2.18. The summed E-state index contributed by atoms with van der Waals surface area (Å²) in [4.78, 5) is 6.53. The zero-order valence-corrected chi connectivity index (χ0v) is 10.9. The minimum absolute atomic E-state index is 0.0472. The molecule has 8 heteroatoms. The molecule has 2 rings (SSSR count). The first kappa shape index (κ1) is 13.5. The highest BCUT2D eigenvalue weighted by molar-refractivity contribution is 7.89. The maximum atomic E-state index is 13.2. The summed E-state index contributed by atoms with van der Waals surface area (Å²) < 4.78 is 39.7. The third-order valence-corrected chi connectivity index (χ3v) is 3.99. The second kappa shape index (κ2) is 4.98. The largest absolute Gasteiger partial charge is 0.399 e. The van der Waals surface area contributed by atoms with E-state index in [-0.39, 0.29) is 10.6 Å². The molecule has 6 nitrogen and oxygen atoms in total. The number of nitrogens with one attached hydrogen (secondary N) is 2. The molecular formula is C11H13FN4O2S. The summed E-state index contributed by atoms with van der Waals surface area (Å²) in [5.41, 5.74) is 5.48. The molecule has 1 aromatic carbocycles. The van der Waals surface area contributed by atoms with E-state index >= 15 is 0 Å². The van der Waals surface area contributed by atoms with E-state index in [2.05, 4.69) is 14.7 Å². The number of sulfonamides is 1. The number of nitrogens with zero attached hydrogens (tertiary/aromatic N) is 1. The Labute approximate surface area is 109 Å². The molecule has 0 spiro atoms. The van der Waals surface area contributed by atoms with Crippen LogP contribution in [-0.2, 0) is 10.0 Å². The Hall–Kier alpha value is -1.93. The van der Waals surface area contributed by atoms with E-state index in [1.165, 1.54) is 12.3 Å². The van der Waals surface area contributed by atoms with Crippen LogP contribution in [0.2, 0.25) is 0 Å². The molecule has 1 atom stereocenters. The van der Waals surface area contributed by atoms with E-state index in [1.807, 2.05) is 0 Å². The van der Waals surface area contributed by atoms with Crippen LogP contribution in [-0.4, -0.2) is 18.4 Å². The van der Waals surface area contributed by atoms with Gasteiger partial charge >= 0.3 is 0 Å². The van der Waals surface area contributed by atoms with Gasteiger partial charge in [-0.1, -0.05) is 0 Å². The molecule has 0 aliphatic heterocycles. The number of benzene rings is 1. The highest BCUT2D eigenvalue weighted by Gasteiger charge is 2.20. The standard InChI is InChI=1S/C11H13FN4O2S/c1-7(11-14-2-3-15-11)16-19(17,18)10-5-8(12)4-9(13)6-10/h2-7,16H,13H2,1H3,(H,14,15). The minimum Gasteiger partial charge on any atom is -0.399 e. The van der Waals surface area contributed by atoms with Crippen molar-refractivity contribution in [2.75, 3.05) is 5.73 Å². The van der Waals surface area contributed by atoms with Crippen molar-refractivity contribution in [1.82, 2.24) is 14.7 Å². The van der Waals surface area contributed by atoms with Crippen LogP contribution in [0.4, 0.5) is 10.1 Å². The summed E-state index contributed by atoms with van der Waals surface area (Å²) in [7, 11) is -3.86. The summed E-state index contributed by atoms with van der Waals surface area (Å²) in [6, 6.07) is 2.59. The van der Waals surface area contributed by atoms with Crippen LogP contribution < -0.4 is 10.5 Å². The molecule has 0 saturated carbocycles. The molecule has 0 amide bonds. The Morgan fingerprint density at radius 1 is 1.42 bits per heavy atom. The molecule has 0 aliphatic carbocycles. The summed E-state index contributed by atoms with van der Waals surface area (Å²) in [5, 5.41) is 0. The fourth-order valence-corrected chi connectivity index (χ4v) is 2.88. The first-order valence-corrected chi connectivity index (χ1v) is 6.94. The number of aromatic amines is 1. The van der Waals surface area contributed by atoms with Gasteiger partial charge in [-0.3, -0.25) is 0 Å². The molecule has 1 unspecified atom stereocenters. The average Bonchev–Trinajstić information content (AvgIpc) is 2.80. The number of nitrogen functional groups attached to an aromatic ring is 1. The Morgan fingerprint density at radius 3 is 2.74 bits per heavy atom. The lowest BCUT2D eigenvalue weighted by molar-refractivity contribution is 0.558. The molecule has 0 saturated heterocycles. The molecule has 2 aromatic rings. The number of aromatic nitrogens is 2. The lowest BCUT2D eigenvalue weighted by Crippen LogP contribution is -2.27. The van der Waals surface area contributed by atoms with E-state index < -0.39 is 21.9 Å². The van der Waals surface area contributed by atoms with Gasteiger partial charge in [0.2, 0.25) is 10.0 Å². The predicted molar refractivity (Wildman–Crippen MR) is 68.1 cm³/mol. The highest BCUT2D eigenvalue weighted by atomic mass is 32.2. The maximum absolute atomic E-state index is 13.2. The number of anilines is 1. The molecule has 1 heterocycles. The van der Waals surface area contributed by atoms with Crippen molar-refractivity contribution in [3.05, 3.63) is 42.2 Å². The number of nitrogens with two attached hydrogens (primary N) is 1. The van der Waals surface area contributed by atoms with Gasteiger partial charge in [0, 0.05) is 18.1 Å². The number of rotatable bonds is 4. The molecule has 0 radical (unpaired) electrons. The minimum atomic E-state index is -3.86. The molecule has 4 N–H and O–H groups in total. The van der Waals surface area contributed by atoms with Crippen LogP contribution >= 0.6 is 0 Å². The molecule has 1 aromatic heterocycles.